The maximum Gasteiger partial charge on any atom is 0.330 e. The van der Waals surface area contributed by atoms with E-state index in [1.165, 1.54) is 17.5 Å². The Morgan fingerprint density at radius 2 is 2.35 bits per heavy atom. The first-order valence-electron chi connectivity index (χ1n) is 5.10. The number of thiazole rings is 1. The molecule has 0 spiro atoms. The molecule has 1 saturated heterocycles. The minimum Gasteiger partial charge on any atom is -0.479 e. The smallest absolute Gasteiger partial charge is 0.330 e. The predicted molar refractivity (Wildman–Crippen MR) is 66.6 cm³/mol. The normalized spacial score (nSPS) is 23.6. The summed E-state index contributed by atoms with van der Waals surface area (Å²) in [6.45, 7) is 1.81. The number of aliphatic carboxylic acids is 1. The van der Waals surface area contributed by atoms with Gasteiger partial charge in [-0.15, -0.1) is 11.3 Å². The van der Waals surface area contributed by atoms with Crippen LogP contribution >= 0.6 is 23.1 Å². The van der Waals surface area contributed by atoms with Crippen molar-refractivity contribution in [1.82, 2.24) is 10.3 Å². The number of amides is 1. The molecule has 17 heavy (non-hydrogen) atoms. The Balaban J connectivity index is 2.14. The highest BCUT2D eigenvalue weighted by molar-refractivity contribution is 7.99. The fraction of sp³-hybridized carbons (Fsp3) is 0.500. The monoisotopic (exact) mass is 272 g/mol. The van der Waals surface area contributed by atoms with Crippen LogP contribution in [0.3, 0.4) is 0 Å². The topological polar surface area (TPSA) is 79.3 Å². The van der Waals surface area contributed by atoms with Crippen LogP contribution in [-0.4, -0.2) is 39.0 Å². The average Bonchev–Trinajstić information content (AvgIpc) is 2.87. The van der Waals surface area contributed by atoms with Crippen LogP contribution in [0, 0.1) is 6.92 Å². The standard InChI is InChI=1S/C10H12N2O3S2/c1-6-11-4-7(17-6)8(13)12-10(9(14)15)2-3-16-5-10/h4H,2-3,5H2,1H3,(H,12,13)(H,14,15). The lowest BCUT2D eigenvalue weighted by molar-refractivity contribution is -0.143. The molecule has 7 heteroatoms. The van der Waals surface area contributed by atoms with Crippen molar-refractivity contribution in [3.05, 3.63) is 16.1 Å². The summed E-state index contributed by atoms with van der Waals surface area (Å²) in [5.74, 6) is -0.127. The summed E-state index contributed by atoms with van der Waals surface area (Å²) in [6, 6.07) is 0. The van der Waals surface area contributed by atoms with Crippen LogP contribution in [0.2, 0.25) is 0 Å². The SMILES string of the molecule is Cc1ncc(C(=O)NC2(C(=O)O)CCSC2)s1. The zero-order chi connectivity index (χ0) is 12.5. The molecule has 0 bridgehead atoms. The summed E-state index contributed by atoms with van der Waals surface area (Å²) in [4.78, 5) is 27.6. The van der Waals surface area contributed by atoms with Crippen LogP contribution in [0.25, 0.3) is 0 Å². The Morgan fingerprint density at radius 3 is 2.82 bits per heavy atom. The van der Waals surface area contributed by atoms with Crippen molar-refractivity contribution in [1.29, 1.82) is 0 Å². The van der Waals surface area contributed by atoms with Crippen molar-refractivity contribution in [2.24, 2.45) is 0 Å². The number of hydrogen-bond acceptors (Lipinski definition) is 5. The third-order valence-corrected chi connectivity index (χ3v) is 4.73. The highest BCUT2D eigenvalue weighted by atomic mass is 32.2. The lowest BCUT2D eigenvalue weighted by atomic mass is 9.99. The zero-order valence-electron chi connectivity index (χ0n) is 9.23. The van der Waals surface area contributed by atoms with Gasteiger partial charge in [0.05, 0.1) is 11.2 Å². The van der Waals surface area contributed by atoms with Gasteiger partial charge < -0.3 is 10.4 Å². The van der Waals surface area contributed by atoms with E-state index in [-0.39, 0.29) is 5.91 Å². The third-order valence-electron chi connectivity index (χ3n) is 2.63. The molecular formula is C10H12N2O3S2. The summed E-state index contributed by atoms with van der Waals surface area (Å²) >= 11 is 2.81. The van der Waals surface area contributed by atoms with Crippen LogP contribution in [0.5, 0.6) is 0 Å². The highest BCUT2D eigenvalue weighted by Crippen LogP contribution is 2.29. The molecule has 1 aromatic heterocycles. The zero-order valence-corrected chi connectivity index (χ0v) is 10.9. The summed E-state index contributed by atoms with van der Waals surface area (Å²) in [5, 5.41) is 12.6. The first kappa shape index (κ1) is 12.4. The van der Waals surface area contributed by atoms with Crippen LogP contribution < -0.4 is 5.32 Å². The van der Waals surface area contributed by atoms with Crippen molar-refractivity contribution in [3.8, 4) is 0 Å². The second kappa shape index (κ2) is 4.66. The Morgan fingerprint density at radius 1 is 1.59 bits per heavy atom. The molecule has 2 rings (SSSR count). The van der Waals surface area contributed by atoms with Gasteiger partial charge in [-0.1, -0.05) is 0 Å². The molecule has 1 aliphatic heterocycles. The highest BCUT2D eigenvalue weighted by Gasteiger charge is 2.43. The van der Waals surface area contributed by atoms with Crippen LogP contribution in [0.1, 0.15) is 21.1 Å². The molecule has 1 amide bonds. The van der Waals surface area contributed by atoms with Gasteiger partial charge in [-0.05, 0) is 19.1 Å². The summed E-state index contributed by atoms with van der Waals surface area (Å²) < 4.78 is 0. The van der Waals surface area contributed by atoms with Crippen molar-refractivity contribution in [2.75, 3.05) is 11.5 Å². The number of nitrogens with one attached hydrogen (secondary N) is 1. The minimum absolute atomic E-state index is 0.347. The van der Waals surface area contributed by atoms with Gasteiger partial charge >= 0.3 is 5.97 Å². The largest absolute Gasteiger partial charge is 0.479 e. The van der Waals surface area contributed by atoms with Gasteiger partial charge in [-0.25, -0.2) is 9.78 Å². The van der Waals surface area contributed by atoms with E-state index in [9.17, 15) is 14.7 Å². The van der Waals surface area contributed by atoms with E-state index in [2.05, 4.69) is 10.3 Å². The van der Waals surface area contributed by atoms with Crippen molar-refractivity contribution >= 4 is 35.0 Å². The molecule has 1 aliphatic rings. The van der Waals surface area contributed by atoms with Gasteiger partial charge in [0.15, 0.2) is 0 Å². The van der Waals surface area contributed by atoms with Gasteiger partial charge in [0.25, 0.3) is 5.91 Å². The van der Waals surface area contributed by atoms with Crippen molar-refractivity contribution < 1.29 is 14.7 Å². The summed E-state index contributed by atoms with van der Waals surface area (Å²) in [6.07, 6.45) is 1.95. The number of hydrogen-bond donors (Lipinski definition) is 2. The Bertz CT molecular complexity index is 452. The third kappa shape index (κ3) is 2.44. The van der Waals surface area contributed by atoms with Gasteiger partial charge in [-0.3, -0.25) is 4.79 Å². The molecule has 5 nitrogen and oxygen atoms in total. The van der Waals surface area contributed by atoms with E-state index < -0.39 is 11.5 Å². The first-order chi connectivity index (χ1) is 8.03. The second-order valence-electron chi connectivity index (χ2n) is 3.89. The van der Waals surface area contributed by atoms with Gasteiger partial charge in [0, 0.05) is 5.75 Å². The van der Waals surface area contributed by atoms with Gasteiger partial charge in [-0.2, -0.15) is 11.8 Å². The second-order valence-corrected chi connectivity index (χ2v) is 6.23. The number of carboxylic acid groups (broad SMARTS) is 1. The lowest BCUT2D eigenvalue weighted by Crippen LogP contribution is -2.54. The summed E-state index contributed by atoms with van der Waals surface area (Å²) in [7, 11) is 0. The number of nitrogens with zero attached hydrogens (tertiary/aromatic N) is 1. The quantitative estimate of drug-likeness (QED) is 0.862. The molecule has 1 fully saturated rings. The number of thioether (sulfide) groups is 1. The Kier molecular flexibility index (Phi) is 3.39. The fourth-order valence-electron chi connectivity index (χ4n) is 1.63. The molecule has 0 radical (unpaired) electrons. The maximum absolute atomic E-state index is 11.9. The fourth-order valence-corrected chi connectivity index (χ4v) is 3.63. The number of carbonyl (C=O) groups is 2. The lowest BCUT2D eigenvalue weighted by Gasteiger charge is -2.23. The molecule has 1 unspecified atom stereocenters. The van der Waals surface area contributed by atoms with Crippen molar-refractivity contribution in [3.63, 3.8) is 0 Å². The Hall–Kier alpha value is -1.08. The van der Waals surface area contributed by atoms with Crippen molar-refractivity contribution in [2.45, 2.75) is 18.9 Å². The molecule has 92 valence electrons. The Labute approximate surface area is 107 Å². The van der Waals surface area contributed by atoms with E-state index in [1.807, 2.05) is 0 Å². The molecule has 1 atom stereocenters. The van der Waals surface area contributed by atoms with E-state index in [4.69, 9.17) is 0 Å². The number of aryl methyl sites for hydroxylation is 1. The maximum atomic E-state index is 11.9. The summed E-state index contributed by atoms with van der Waals surface area (Å²) in [5.41, 5.74) is -1.11. The number of carbonyl (C=O) groups excluding carboxylic acids is 1. The molecule has 2 N–H and O–H groups in total. The molecule has 1 aromatic rings. The molecule has 2 heterocycles. The molecule has 0 aliphatic carbocycles. The van der Waals surface area contributed by atoms with Gasteiger partial charge in [0.1, 0.15) is 10.4 Å². The van der Waals surface area contributed by atoms with E-state index in [0.717, 1.165) is 10.8 Å². The minimum atomic E-state index is -1.11. The molecule has 0 saturated carbocycles. The van der Waals surface area contributed by atoms with Crippen LogP contribution in [-0.2, 0) is 4.79 Å². The van der Waals surface area contributed by atoms with Crippen LogP contribution in [0.15, 0.2) is 6.20 Å². The number of carboxylic acids is 1. The molecular weight excluding hydrogens is 260 g/mol. The van der Waals surface area contributed by atoms with Crippen LogP contribution in [0.4, 0.5) is 0 Å². The van der Waals surface area contributed by atoms with E-state index in [0.29, 0.717) is 17.1 Å². The predicted octanol–water partition coefficient (Wildman–Crippen LogP) is 1.14. The van der Waals surface area contributed by atoms with E-state index in [1.54, 1.807) is 18.7 Å². The average molecular weight is 272 g/mol. The molecule has 0 aromatic carbocycles. The number of aromatic nitrogens is 1. The first-order valence-corrected chi connectivity index (χ1v) is 7.07. The number of rotatable bonds is 3. The van der Waals surface area contributed by atoms with E-state index >= 15 is 0 Å². The van der Waals surface area contributed by atoms with Gasteiger partial charge in [0.2, 0.25) is 0 Å².